The number of benzene rings is 1. The number of hydrogen-bond donors (Lipinski definition) is 1. The highest BCUT2D eigenvalue weighted by Gasteiger charge is 2.27. The molecule has 2 aromatic rings. The summed E-state index contributed by atoms with van der Waals surface area (Å²) in [6.45, 7) is 3.60. The molecule has 1 unspecified atom stereocenters. The van der Waals surface area contributed by atoms with Gasteiger partial charge in [0.1, 0.15) is 11.1 Å². The minimum Gasteiger partial charge on any atom is -0.370 e. The summed E-state index contributed by atoms with van der Waals surface area (Å²) in [5, 5.41) is 13.2. The largest absolute Gasteiger partial charge is 0.370 e. The Kier molecular flexibility index (Phi) is 6.23. The van der Waals surface area contributed by atoms with Gasteiger partial charge in [-0.25, -0.2) is 4.79 Å². The first-order valence-corrected chi connectivity index (χ1v) is 9.61. The predicted molar refractivity (Wildman–Crippen MR) is 99.3 cm³/mol. The van der Waals surface area contributed by atoms with Gasteiger partial charge in [0.15, 0.2) is 0 Å². The molecule has 6 nitrogen and oxygen atoms in total. The summed E-state index contributed by atoms with van der Waals surface area (Å²) in [6.07, 6.45) is 2.86. The van der Waals surface area contributed by atoms with E-state index in [2.05, 4.69) is 22.4 Å². The molecule has 1 saturated heterocycles. The first-order valence-electron chi connectivity index (χ1n) is 8.41. The molecule has 2 heterocycles. The molecule has 8 heteroatoms. The molecular formula is C17H21ClN4O2S. The van der Waals surface area contributed by atoms with E-state index in [0.717, 1.165) is 29.8 Å². The summed E-state index contributed by atoms with van der Waals surface area (Å²) in [4.78, 5) is 14.2. The van der Waals surface area contributed by atoms with Crippen LogP contribution in [0.5, 0.6) is 0 Å². The summed E-state index contributed by atoms with van der Waals surface area (Å²) in [6, 6.07) is 7.38. The van der Waals surface area contributed by atoms with Gasteiger partial charge in [-0.1, -0.05) is 54.5 Å². The fourth-order valence-corrected chi connectivity index (χ4v) is 3.69. The van der Waals surface area contributed by atoms with Gasteiger partial charge < -0.3 is 9.64 Å². The van der Waals surface area contributed by atoms with Crippen LogP contribution in [0.25, 0.3) is 0 Å². The van der Waals surface area contributed by atoms with E-state index in [9.17, 15) is 4.79 Å². The maximum Gasteiger partial charge on any atom is 0.323 e. The Morgan fingerprint density at radius 2 is 2.28 bits per heavy atom. The van der Waals surface area contributed by atoms with Crippen molar-refractivity contribution < 1.29 is 9.53 Å². The first-order chi connectivity index (χ1) is 12.2. The molecule has 0 radical (unpaired) electrons. The van der Waals surface area contributed by atoms with Crippen LogP contribution in [0.2, 0.25) is 5.02 Å². The third kappa shape index (κ3) is 4.68. The number of aromatic nitrogens is 2. The Labute approximate surface area is 156 Å². The number of nitrogens with one attached hydrogen (secondary N) is 1. The fraction of sp³-hybridized carbons (Fsp3) is 0.471. The van der Waals surface area contributed by atoms with Crippen molar-refractivity contribution in [1.29, 1.82) is 0 Å². The third-order valence-corrected chi connectivity index (χ3v) is 5.27. The average Bonchev–Trinajstić information content (AvgIpc) is 3.08. The van der Waals surface area contributed by atoms with Gasteiger partial charge in [0.25, 0.3) is 0 Å². The lowest BCUT2D eigenvalue weighted by Gasteiger charge is -2.33. The summed E-state index contributed by atoms with van der Waals surface area (Å²) in [7, 11) is 0. The highest BCUT2D eigenvalue weighted by Crippen LogP contribution is 2.28. The van der Waals surface area contributed by atoms with E-state index in [0.29, 0.717) is 29.9 Å². The van der Waals surface area contributed by atoms with Gasteiger partial charge in [0.2, 0.25) is 5.13 Å². The molecule has 3 rings (SSSR count). The van der Waals surface area contributed by atoms with Crippen molar-refractivity contribution in [3.8, 4) is 0 Å². The normalized spacial score (nSPS) is 17.5. The standard InChI is InChI=1S/C17H21ClN4O2S/c1-2-3-8-15-20-21-16(25-15)19-17(23)22-9-10-24-14(11-22)12-6-4-5-7-13(12)18/h4-7,14H,2-3,8-11H2,1H3,(H,19,21,23). The summed E-state index contributed by atoms with van der Waals surface area (Å²) < 4.78 is 5.79. The van der Waals surface area contributed by atoms with E-state index >= 15 is 0 Å². The zero-order valence-corrected chi connectivity index (χ0v) is 15.6. The number of ether oxygens (including phenoxy) is 1. The van der Waals surface area contributed by atoms with Crippen LogP contribution in [0.4, 0.5) is 9.93 Å². The molecular weight excluding hydrogens is 360 g/mol. The zero-order valence-electron chi connectivity index (χ0n) is 14.1. The molecule has 134 valence electrons. The third-order valence-electron chi connectivity index (χ3n) is 4.03. The Bertz CT molecular complexity index is 724. The van der Waals surface area contributed by atoms with Crippen molar-refractivity contribution >= 4 is 34.1 Å². The van der Waals surface area contributed by atoms with E-state index in [1.165, 1.54) is 11.3 Å². The number of amides is 2. The molecule has 0 spiro atoms. The summed E-state index contributed by atoms with van der Waals surface area (Å²) >= 11 is 7.67. The molecule has 1 aromatic heterocycles. The highest BCUT2D eigenvalue weighted by atomic mass is 35.5. The second-order valence-corrected chi connectivity index (χ2v) is 7.33. The topological polar surface area (TPSA) is 67.4 Å². The van der Waals surface area contributed by atoms with Crippen molar-refractivity contribution in [2.75, 3.05) is 25.0 Å². The molecule has 1 atom stereocenters. The lowest BCUT2D eigenvalue weighted by molar-refractivity contribution is -0.0134. The number of nitrogens with zero attached hydrogens (tertiary/aromatic N) is 3. The van der Waals surface area contributed by atoms with Crippen molar-refractivity contribution in [3.63, 3.8) is 0 Å². The number of aryl methyl sites for hydroxylation is 1. The number of urea groups is 1. The molecule has 1 aromatic carbocycles. The van der Waals surface area contributed by atoms with Gasteiger partial charge in [-0.05, 0) is 12.5 Å². The number of carbonyl (C=O) groups excluding carboxylic acids is 1. The van der Waals surface area contributed by atoms with E-state index in [4.69, 9.17) is 16.3 Å². The first kappa shape index (κ1) is 18.1. The number of hydrogen-bond acceptors (Lipinski definition) is 5. The number of morpholine rings is 1. The van der Waals surface area contributed by atoms with Crippen LogP contribution in [0.3, 0.4) is 0 Å². The van der Waals surface area contributed by atoms with Crippen LogP contribution in [-0.2, 0) is 11.2 Å². The van der Waals surface area contributed by atoms with Crippen molar-refractivity contribution in [1.82, 2.24) is 15.1 Å². The number of halogens is 1. The van der Waals surface area contributed by atoms with Gasteiger partial charge in [-0.2, -0.15) is 0 Å². The SMILES string of the molecule is CCCCc1nnc(NC(=O)N2CCOC(c3ccccc3Cl)C2)s1. The lowest BCUT2D eigenvalue weighted by atomic mass is 10.1. The van der Waals surface area contributed by atoms with Crippen LogP contribution in [0.15, 0.2) is 24.3 Å². The van der Waals surface area contributed by atoms with Gasteiger partial charge in [0.05, 0.1) is 13.2 Å². The van der Waals surface area contributed by atoms with Crippen molar-refractivity contribution in [2.45, 2.75) is 32.3 Å². The second kappa shape index (κ2) is 8.60. The molecule has 0 aliphatic carbocycles. The van der Waals surface area contributed by atoms with E-state index in [-0.39, 0.29) is 12.1 Å². The maximum absolute atomic E-state index is 12.5. The van der Waals surface area contributed by atoms with Gasteiger partial charge in [-0.3, -0.25) is 5.32 Å². The molecule has 0 bridgehead atoms. The minimum atomic E-state index is -0.220. The Morgan fingerprint density at radius 3 is 3.08 bits per heavy atom. The number of anilines is 1. The highest BCUT2D eigenvalue weighted by molar-refractivity contribution is 7.15. The Balaban J connectivity index is 1.60. The summed E-state index contributed by atoms with van der Waals surface area (Å²) in [5.41, 5.74) is 0.902. The maximum atomic E-state index is 12.5. The van der Waals surface area contributed by atoms with Crippen LogP contribution < -0.4 is 5.32 Å². The molecule has 0 saturated carbocycles. The summed E-state index contributed by atoms with van der Waals surface area (Å²) in [5.74, 6) is 0. The molecule has 25 heavy (non-hydrogen) atoms. The number of carbonyl (C=O) groups is 1. The predicted octanol–water partition coefficient (Wildman–Crippen LogP) is 4.14. The van der Waals surface area contributed by atoms with E-state index in [1.807, 2.05) is 24.3 Å². The number of unbranched alkanes of at least 4 members (excludes halogenated alkanes) is 1. The Hall–Kier alpha value is -1.70. The van der Waals surface area contributed by atoms with Crippen LogP contribution in [0.1, 0.15) is 36.4 Å². The van der Waals surface area contributed by atoms with Crippen molar-refractivity contribution in [3.05, 3.63) is 39.9 Å². The van der Waals surface area contributed by atoms with Crippen LogP contribution in [0, 0.1) is 0 Å². The second-order valence-electron chi connectivity index (χ2n) is 5.86. The molecule has 1 N–H and O–H groups in total. The van der Waals surface area contributed by atoms with Gasteiger partial charge in [-0.15, -0.1) is 10.2 Å². The molecule has 2 amide bonds. The quantitative estimate of drug-likeness (QED) is 0.846. The smallest absolute Gasteiger partial charge is 0.323 e. The van der Waals surface area contributed by atoms with Gasteiger partial charge in [0, 0.05) is 23.6 Å². The Morgan fingerprint density at radius 1 is 1.44 bits per heavy atom. The number of rotatable bonds is 5. The monoisotopic (exact) mass is 380 g/mol. The molecule has 1 aliphatic rings. The molecule has 1 fully saturated rings. The van der Waals surface area contributed by atoms with Crippen LogP contribution in [-0.4, -0.2) is 40.8 Å². The van der Waals surface area contributed by atoms with E-state index < -0.39 is 0 Å². The van der Waals surface area contributed by atoms with E-state index in [1.54, 1.807) is 4.90 Å². The van der Waals surface area contributed by atoms with Crippen molar-refractivity contribution in [2.24, 2.45) is 0 Å². The zero-order chi connectivity index (χ0) is 17.6. The van der Waals surface area contributed by atoms with Gasteiger partial charge >= 0.3 is 6.03 Å². The molecule has 1 aliphatic heterocycles. The minimum absolute atomic E-state index is 0.182. The lowest BCUT2D eigenvalue weighted by Crippen LogP contribution is -2.44. The van der Waals surface area contributed by atoms with Crippen LogP contribution >= 0.6 is 22.9 Å². The fourth-order valence-electron chi connectivity index (χ4n) is 2.66. The average molecular weight is 381 g/mol.